The van der Waals surface area contributed by atoms with Gasteiger partial charge in [0.1, 0.15) is 5.75 Å². The molecule has 0 amide bonds. The predicted molar refractivity (Wildman–Crippen MR) is 67.6 cm³/mol. The van der Waals surface area contributed by atoms with Crippen LogP contribution in [0.5, 0.6) is 5.75 Å². The molecule has 5 nitrogen and oxygen atoms in total. The molecule has 0 atom stereocenters. The van der Waals surface area contributed by atoms with E-state index in [0.29, 0.717) is 0 Å². The molecule has 1 N–H and O–H groups in total. The van der Waals surface area contributed by atoms with Crippen LogP contribution >= 0.6 is 0 Å². The third kappa shape index (κ3) is 2.28. The fraction of sp³-hybridized carbons (Fsp3) is 0.273. The van der Waals surface area contributed by atoms with E-state index in [0.717, 1.165) is 5.41 Å². The van der Waals surface area contributed by atoms with Crippen LogP contribution in [0.3, 0.4) is 0 Å². The largest absolute Gasteiger partial charge is 0.508 e. The van der Waals surface area contributed by atoms with Crippen LogP contribution in [0.15, 0.2) is 28.5 Å². The van der Waals surface area contributed by atoms with Crippen molar-refractivity contribution in [2.24, 2.45) is 0 Å². The maximum Gasteiger partial charge on any atom is 0.200 e. The zero-order chi connectivity index (χ0) is 13.6. The molecular formula is C11H12O5S2. The number of benzene rings is 1. The lowest BCUT2D eigenvalue weighted by Gasteiger charge is -2.05. The predicted octanol–water partition coefficient (Wildman–Crippen LogP) is 0.955. The van der Waals surface area contributed by atoms with Crippen molar-refractivity contribution >= 4 is 25.2 Å². The van der Waals surface area contributed by atoms with Crippen LogP contribution in [-0.2, 0) is 19.7 Å². The summed E-state index contributed by atoms with van der Waals surface area (Å²) in [5, 5.41) is 10.3. The molecule has 1 aromatic rings. The van der Waals surface area contributed by atoms with Crippen LogP contribution in [0, 0.1) is 0 Å². The van der Waals surface area contributed by atoms with Crippen LogP contribution in [0.25, 0.3) is 5.57 Å². The van der Waals surface area contributed by atoms with E-state index in [1.54, 1.807) is 0 Å². The molecule has 0 radical (unpaired) electrons. The highest BCUT2D eigenvalue weighted by atomic mass is 32.2. The van der Waals surface area contributed by atoms with E-state index >= 15 is 0 Å². The Morgan fingerprint density at radius 3 is 2.56 bits per heavy atom. The molecule has 0 spiro atoms. The molecular weight excluding hydrogens is 276 g/mol. The summed E-state index contributed by atoms with van der Waals surface area (Å²) in [5.74, 6) is -0.483. The summed E-state index contributed by atoms with van der Waals surface area (Å²) in [7, 11) is -6.91. The van der Waals surface area contributed by atoms with E-state index in [1.807, 2.05) is 0 Å². The van der Waals surface area contributed by atoms with Crippen molar-refractivity contribution < 1.29 is 21.9 Å². The van der Waals surface area contributed by atoms with E-state index in [-0.39, 0.29) is 33.3 Å². The van der Waals surface area contributed by atoms with Crippen molar-refractivity contribution in [3.63, 3.8) is 0 Å². The van der Waals surface area contributed by atoms with Crippen molar-refractivity contribution in [3.05, 3.63) is 29.2 Å². The van der Waals surface area contributed by atoms with E-state index < -0.39 is 19.7 Å². The zero-order valence-electron chi connectivity index (χ0n) is 9.62. The molecule has 0 aliphatic carbocycles. The lowest BCUT2D eigenvalue weighted by atomic mass is 10.1. The maximum absolute atomic E-state index is 11.8. The average Bonchev–Trinajstić information content (AvgIpc) is 2.49. The first-order valence-electron chi connectivity index (χ1n) is 5.24. The van der Waals surface area contributed by atoms with E-state index in [9.17, 15) is 21.9 Å². The van der Waals surface area contributed by atoms with Gasteiger partial charge in [-0.1, -0.05) is 6.92 Å². The Hall–Kier alpha value is -1.34. The molecule has 0 aromatic heterocycles. The Bertz CT molecular complexity index is 727. The van der Waals surface area contributed by atoms with Crippen molar-refractivity contribution in [2.75, 3.05) is 11.5 Å². The van der Waals surface area contributed by atoms with Gasteiger partial charge in [0.2, 0.25) is 9.84 Å². The Labute approximate surface area is 106 Å². The molecule has 1 aliphatic heterocycles. The smallest absolute Gasteiger partial charge is 0.200 e. The van der Waals surface area contributed by atoms with Gasteiger partial charge >= 0.3 is 0 Å². The molecule has 2 rings (SSSR count). The molecule has 1 heterocycles. The van der Waals surface area contributed by atoms with Crippen molar-refractivity contribution in [1.29, 1.82) is 0 Å². The third-order valence-electron chi connectivity index (χ3n) is 2.73. The van der Waals surface area contributed by atoms with Crippen molar-refractivity contribution in [3.8, 4) is 5.75 Å². The van der Waals surface area contributed by atoms with E-state index in [4.69, 9.17) is 0 Å². The lowest BCUT2D eigenvalue weighted by Crippen LogP contribution is -2.09. The minimum absolute atomic E-state index is 0.0432. The first kappa shape index (κ1) is 13.1. The van der Waals surface area contributed by atoms with Gasteiger partial charge in [0.15, 0.2) is 9.84 Å². The molecule has 7 heteroatoms. The molecule has 0 saturated carbocycles. The standard InChI is InChI=1S/C11H12O5S2/c1-2-17(13,14)6-8-7-18(15,16)11-4-3-9(12)5-10(8)11/h3-5,7,12H,2,6H2,1H3. The van der Waals surface area contributed by atoms with E-state index in [2.05, 4.69) is 0 Å². The van der Waals surface area contributed by atoms with Gasteiger partial charge in [-0.15, -0.1) is 0 Å². The van der Waals surface area contributed by atoms with Crippen LogP contribution in [0.2, 0.25) is 0 Å². The molecule has 0 saturated heterocycles. The first-order chi connectivity index (χ1) is 8.25. The molecule has 1 aromatic carbocycles. The molecule has 0 fully saturated rings. The van der Waals surface area contributed by atoms with Crippen LogP contribution in [0.4, 0.5) is 0 Å². The lowest BCUT2D eigenvalue weighted by molar-refractivity contribution is 0.474. The van der Waals surface area contributed by atoms with Gasteiger partial charge in [-0.25, -0.2) is 16.8 Å². The van der Waals surface area contributed by atoms with Crippen molar-refractivity contribution in [2.45, 2.75) is 11.8 Å². The Kier molecular flexibility index (Phi) is 2.98. The topological polar surface area (TPSA) is 88.5 Å². The average molecular weight is 288 g/mol. The number of phenols is 1. The third-order valence-corrected chi connectivity index (χ3v) is 5.92. The molecule has 0 bridgehead atoms. The van der Waals surface area contributed by atoms with Crippen LogP contribution < -0.4 is 0 Å². The number of hydrogen-bond acceptors (Lipinski definition) is 5. The number of phenolic OH excluding ortho intramolecular Hbond substituents is 1. The number of sulfone groups is 2. The Morgan fingerprint density at radius 2 is 1.94 bits per heavy atom. The van der Waals surface area contributed by atoms with Gasteiger partial charge < -0.3 is 5.11 Å². The second-order valence-corrected chi connectivity index (χ2v) is 8.16. The fourth-order valence-corrected chi connectivity index (χ4v) is 4.27. The normalized spacial score (nSPS) is 17.3. The highest BCUT2D eigenvalue weighted by Gasteiger charge is 2.29. The second kappa shape index (κ2) is 4.10. The quantitative estimate of drug-likeness (QED) is 0.894. The molecule has 1 aliphatic rings. The van der Waals surface area contributed by atoms with Crippen LogP contribution in [-0.4, -0.2) is 33.4 Å². The summed E-state index contributed by atoms with van der Waals surface area (Å²) >= 11 is 0. The minimum atomic E-state index is -3.59. The van der Waals surface area contributed by atoms with Gasteiger partial charge in [-0.05, 0) is 23.8 Å². The van der Waals surface area contributed by atoms with Gasteiger partial charge in [-0.3, -0.25) is 0 Å². The minimum Gasteiger partial charge on any atom is -0.508 e. The monoisotopic (exact) mass is 288 g/mol. The Morgan fingerprint density at radius 1 is 1.28 bits per heavy atom. The summed E-state index contributed by atoms with van der Waals surface area (Å²) in [4.78, 5) is 0.0432. The summed E-state index contributed by atoms with van der Waals surface area (Å²) < 4.78 is 46.7. The van der Waals surface area contributed by atoms with Gasteiger partial charge in [-0.2, -0.15) is 0 Å². The van der Waals surface area contributed by atoms with Crippen LogP contribution in [0.1, 0.15) is 12.5 Å². The first-order valence-corrected chi connectivity index (χ1v) is 8.61. The summed E-state index contributed by atoms with van der Waals surface area (Å²) in [6.45, 7) is 1.50. The number of aromatic hydroxyl groups is 1. The van der Waals surface area contributed by atoms with Gasteiger partial charge in [0.25, 0.3) is 0 Å². The number of rotatable bonds is 3. The molecule has 18 heavy (non-hydrogen) atoms. The SMILES string of the molecule is CCS(=O)(=O)CC1=CS(=O)(=O)c2ccc(O)cc21. The summed E-state index contributed by atoms with van der Waals surface area (Å²) in [6.07, 6.45) is 0. The van der Waals surface area contributed by atoms with Crippen molar-refractivity contribution in [1.82, 2.24) is 0 Å². The summed E-state index contributed by atoms with van der Waals surface area (Å²) in [5.41, 5.74) is 0.481. The highest BCUT2D eigenvalue weighted by molar-refractivity contribution is 7.95. The van der Waals surface area contributed by atoms with E-state index in [1.165, 1.54) is 25.1 Å². The molecule has 98 valence electrons. The fourth-order valence-electron chi connectivity index (χ4n) is 1.78. The van der Waals surface area contributed by atoms with Gasteiger partial charge in [0, 0.05) is 16.7 Å². The second-order valence-electron chi connectivity index (χ2n) is 4.05. The summed E-state index contributed by atoms with van der Waals surface area (Å²) in [6, 6.07) is 3.82. The zero-order valence-corrected chi connectivity index (χ0v) is 11.3. The Balaban J connectivity index is 2.57. The maximum atomic E-state index is 11.8. The van der Waals surface area contributed by atoms with Gasteiger partial charge in [0.05, 0.1) is 10.6 Å². The highest BCUT2D eigenvalue weighted by Crippen LogP contribution is 2.36. The number of hydrogen-bond donors (Lipinski definition) is 1. The number of fused-ring (bicyclic) bond motifs is 1. The molecule has 0 unspecified atom stereocenters.